The quantitative estimate of drug-likeness (QED) is 0.424. The molecule has 170 valence electrons. The Hall–Kier alpha value is -3.58. The lowest BCUT2D eigenvalue weighted by Gasteiger charge is -2.22. The first kappa shape index (κ1) is 21.3. The zero-order valence-electron chi connectivity index (χ0n) is 18.7. The highest BCUT2D eigenvalue weighted by Crippen LogP contribution is 2.36. The van der Waals surface area contributed by atoms with Crippen molar-refractivity contribution in [3.05, 3.63) is 53.7 Å². The molecule has 1 atom stereocenters. The van der Waals surface area contributed by atoms with Gasteiger partial charge in [0, 0.05) is 51.6 Å². The van der Waals surface area contributed by atoms with Crippen LogP contribution in [0.5, 0.6) is 5.75 Å². The second-order valence-electron chi connectivity index (χ2n) is 8.73. The second kappa shape index (κ2) is 9.11. The van der Waals surface area contributed by atoms with Gasteiger partial charge in [0.15, 0.2) is 0 Å². The number of rotatable bonds is 6. The number of benzene rings is 2. The Morgan fingerprint density at radius 2 is 2.15 bits per heavy atom. The SMILES string of the molecule is COc1ccc2[nH]cc(/C=C3/C(=O)Nc4ccc(NC(=O)CCC5CCCNC5)cc43)c2c1. The van der Waals surface area contributed by atoms with Gasteiger partial charge >= 0.3 is 0 Å². The van der Waals surface area contributed by atoms with Crippen LogP contribution in [0.2, 0.25) is 0 Å². The van der Waals surface area contributed by atoms with Crippen molar-refractivity contribution in [3.8, 4) is 5.75 Å². The van der Waals surface area contributed by atoms with Gasteiger partial charge in [0.1, 0.15) is 5.75 Å². The Labute approximate surface area is 192 Å². The fourth-order valence-corrected chi connectivity index (χ4v) is 4.66. The first-order valence-corrected chi connectivity index (χ1v) is 11.4. The average Bonchev–Trinajstić information content (AvgIpc) is 3.38. The summed E-state index contributed by atoms with van der Waals surface area (Å²) in [5, 5.41) is 10.3. The number of amides is 2. The summed E-state index contributed by atoms with van der Waals surface area (Å²) in [5.74, 6) is 1.17. The molecule has 2 amide bonds. The zero-order valence-corrected chi connectivity index (χ0v) is 18.7. The van der Waals surface area contributed by atoms with Crippen LogP contribution in [0.4, 0.5) is 11.4 Å². The predicted molar refractivity (Wildman–Crippen MR) is 131 cm³/mol. The van der Waals surface area contributed by atoms with Crippen LogP contribution >= 0.6 is 0 Å². The number of carbonyl (C=O) groups is 2. The van der Waals surface area contributed by atoms with E-state index in [4.69, 9.17) is 4.74 Å². The standard InChI is InChI=1S/C26H28N4O3/c1-33-19-6-8-23-20(13-19)17(15-28-23)11-22-21-12-18(5-7-24(21)30-26(22)32)29-25(31)9-4-16-3-2-10-27-14-16/h5-8,11-13,15-16,27-28H,2-4,9-10,14H2,1H3,(H,29,31)(H,30,32)/b22-11+. The second-order valence-corrected chi connectivity index (χ2v) is 8.73. The van der Waals surface area contributed by atoms with Gasteiger partial charge in [0.2, 0.25) is 5.91 Å². The molecule has 7 nitrogen and oxygen atoms in total. The topological polar surface area (TPSA) is 95.2 Å². The van der Waals surface area contributed by atoms with Crippen LogP contribution in [0.25, 0.3) is 22.6 Å². The van der Waals surface area contributed by atoms with E-state index in [9.17, 15) is 9.59 Å². The molecule has 3 aromatic rings. The summed E-state index contributed by atoms with van der Waals surface area (Å²) in [4.78, 5) is 28.5. The van der Waals surface area contributed by atoms with Crippen molar-refractivity contribution in [2.24, 2.45) is 5.92 Å². The highest BCUT2D eigenvalue weighted by molar-refractivity contribution is 6.35. The van der Waals surface area contributed by atoms with E-state index in [1.54, 1.807) is 7.11 Å². The number of methoxy groups -OCH3 is 1. The van der Waals surface area contributed by atoms with Crippen molar-refractivity contribution >= 4 is 45.7 Å². The lowest BCUT2D eigenvalue weighted by atomic mass is 9.94. The number of ether oxygens (including phenoxy) is 1. The van der Waals surface area contributed by atoms with Gasteiger partial charge in [0.25, 0.3) is 5.91 Å². The number of aromatic nitrogens is 1. The fourth-order valence-electron chi connectivity index (χ4n) is 4.66. The van der Waals surface area contributed by atoms with Crippen LogP contribution in [-0.2, 0) is 9.59 Å². The number of fused-ring (bicyclic) bond motifs is 2. The monoisotopic (exact) mass is 444 g/mol. The molecular weight excluding hydrogens is 416 g/mol. The fraction of sp³-hybridized carbons (Fsp3) is 0.308. The first-order valence-electron chi connectivity index (χ1n) is 11.4. The van der Waals surface area contributed by atoms with Crippen molar-refractivity contribution < 1.29 is 14.3 Å². The third kappa shape index (κ3) is 4.50. The van der Waals surface area contributed by atoms with Gasteiger partial charge in [-0.05, 0) is 80.7 Å². The van der Waals surface area contributed by atoms with Crippen LogP contribution in [0, 0.1) is 5.92 Å². The van der Waals surface area contributed by atoms with Crippen LogP contribution < -0.4 is 20.7 Å². The molecule has 5 rings (SSSR count). The van der Waals surface area contributed by atoms with Crippen molar-refractivity contribution in [2.75, 3.05) is 30.8 Å². The number of piperidine rings is 1. The molecule has 0 aliphatic carbocycles. The van der Waals surface area contributed by atoms with Gasteiger partial charge in [0.05, 0.1) is 7.11 Å². The summed E-state index contributed by atoms with van der Waals surface area (Å²) in [6.45, 7) is 2.07. The lowest BCUT2D eigenvalue weighted by Crippen LogP contribution is -2.30. The smallest absolute Gasteiger partial charge is 0.256 e. The zero-order chi connectivity index (χ0) is 22.8. The van der Waals surface area contributed by atoms with E-state index < -0.39 is 0 Å². The molecule has 2 aliphatic rings. The Morgan fingerprint density at radius 3 is 2.97 bits per heavy atom. The van der Waals surface area contributed by atoms with E-state index >= 15 is 0 Å². The van der Waals surface area contributed by atoms with Gasteiger partial charge in [-0.1, -0.05) is 0 Å². The van der Waals surface area contributed by atoms with E-state index in [1.807, 2.05) is 48.7 Å². The molecule has 7 heteroatoms. The number of aromatic amines is 1. The Bertz CT molecular complexity index is 1240. The highest BCUT2D eigenvalue weighted by Gasteiger charge is 2.25. The summed E-state index contributed by atoms with van der Waals surface area (Å²) in [7, 11) is 1.63. The average molecular weight is 445 g/mol. The number of nitrogens with one attached hydrogen (secondary N) is 4. The van der Waals surface area contributed by atoms with Gasteiger partial charge in [-0.25, -0.2) is 0 Å². The van der Waals surface area contributed by atoms with E-state index in [2.05, 4.69) is 20.9 Å². The number of H-pyrrole nitrogens is 1. The molecule has 2 aliphatic heterocycles. The Kier molecular flexibility index (Phi) is 5.88. The number of carbonyl (C=O) groups excluding carboxylic acids is 2. The number of anilines is 2. The summed E-state index contributed by atoms with van der Waals surface area (Å²) < 4.78 is 5.35. The molecule has 1 aromatic heterocycles. The molecule has 0 bridgehead atoms. The summed E-state index contributed by atoms with van der Waals surface area (Å²) in [6.07, 6.45) is 7.51. The minimum Gasteiger partial charge on any atom is -0.497 e. The maximum Gasteiger partial charge on any atom is 0.256 e. The third-order valence-electron chi connectivity index (χ3n) is 6.49. The molecule has 1 saturated heterocycles. The van der Waals surface area contributed by atoms with Crippen LogP contribution in [0.15, 0.2) is 42.6 Å². The number of hydrogen-bond acceptors (Lipinski definition) is 4. The molecule has 3 heterocycles. The summed E-state index contributed by atoms with van der Waals surface area (Å²) in [6, 6.07) is 11.3. The van der Waals surface area contributed by atoms with Crippen LogP contribution in [0.3, 0.4) is 0 Å². The van der Waals surface area contributed by atoms with Gasteiger partial charge in [-0.3, -0.25) is 9.59 Å². The molecule has 1 fully saturated rings. The van der Waals surface area contributed by atoms with Crippen molar-refractivity contribution in [1.29, 1.82) is 0 Å². The lowest BCUT2D eigenvalue weighted by molar-refractivity contribution is -0.116. The summed E-state index contributed by atoms with van der Waals surface area (Å²) >= 11 is 0. The Morgan fingerprint density at radius 1 is 1.24 bits per heavy atom. The molecule has 4 N–H and O–H groups in total. The van der Waals surface area contributed by atoms with Crippen molar-refractivity contribution in [1.82, 2.24) is 10.3 Å². The van der Waals surface area contributed by atoms with E-state index in [1.165, 1.54) is 12.8 Å². The molecule has 0 spiro atoms. The van der Waals surface area contributed by atoms with Gasteiger partial charge in [-0.2, -0.15) is 0 Å². The highest BCUT2D eigenvalue weighted by atomic mass is 16.5. The van der Waals surface area contributed by atoms with E-state index in [-0.39, 0.29) is 11.8 Å². The maximum atomic E-state index is 12.7. The van der Waals surface area contributed by atoms with Gasteiger partial charge in [-0.15, -0.1) is 0 Å². The third-order valence-corrected chi connectivity index (χ3v) is 6.49. The van der Waals surface area contributed by atoms with E-state index in [0.717, 1.165) is 53.0 Å². The normalized spacial score (nSPS) is 18.9. The van der Waals surface area contributed by atoms with Crippen molar-refractivity contribution in [2.45, 2.75) is 25.7 Å². The predicted octanol–water partition coefficient (Wildman–Crippen LogP) is 4.39. The maximum absolute atomic E-state index is 12.7. The van der Waals surface area contributed by atoms with E-state index in [0.29, 0.717) is 23.6 Å². The van der Waals surface area contributed by atoms with Crippen LogP contribution in [-0.4, -0.2) is 37.0 Å². The molecular formula is C26H28N4O3. The summed E-state index contributed by atoms with van der Waals surface area (Å²) in [5.41, 5.74) is 4.66. The largest absolute Gasteiger partial charge is 0.497 e. The molecule has 33 heavy (non-hydrogen) atoms. The minimum absolute atomic E-state index is 0.00654. The first-order chi connectivity index (χ1) is 16.1. The number of hydrogen-bond donors (Lipinski definition) is 4. The molecule has 0 radical (unpaired) electrons. The molecule has 1 unspecified atom stereocenters. The molecule has 0 saturated carbocycles. The van der Waals surface area contributed by atoms with Gasteiger partial charge < -0.3 is 25.7 Å². The Balaban J connectivity index is 1.36. The minimum atomic E-state index is -0.157. The van der Waals surface area contributed by atoms with Crippen LogP contribution in [0.1, 0.15) is 36.8 Å². The van der Waals surface area contributed by atoms with Crippen molar-refractivity contribution in [3.63, 3.8) is 0 Å². The molecule has 2 aromatic carbocycles.